The normalized spacial score (nSPS) is 20.6. The SMILES string of the molecule is CN=C(NCCOc1ccc(C(C)(C)C)cc1)NCC1(CCO)CCOC1. The van der Waals surface area contributed by atoms with E-state index in [0.717, 1.165) is 37.7 Å². The predicted molar refractivity (Wildman–Crippen MR) is 110 cm³/mol. The van der Waals surface area contributed by atoms with Crippen LogP contribution >= 0.6 is 0 Å². The molecule has 0 bridgehead atoms. The minimum atomic E-state index is -0.00231. The fourth-order valence-corrected chi connectivity index (χ4v) is 3.19. The zero-order chi connectivity index (χ0) is 19.8. The lowest BCUT2D eigenvalue weighted by Crippen LogP contribution is -2.45. The van der Waals surface area contributed by atoms with Crippen molar-refractivity contribution in [2.24, 2.45) is 10.4 Å². The molecule has 3 N–H and O–H groups in total. The second-order valence-electron chi connectivity index (χ2n) is 8.25. The number of nitrogens with one attached hydrogen (secondary N) is 2. The largest absolute Gasteiger partial charge is 0.492 e. The van der Waals surface area contributed by atoms with E-state index in [9.17, 15) is 5.11 Å². The average Bonchev–Trinajstić information content (AvgIpc) is 3.10. The van der Waals surface area contributed by atoms with Gasteiger partial charge < -0.3 is 25.2 Å². The zero-order valence-corrected chi connectivity index (χ0v) is 17.2. The van der Waals surface area contributed by atoms with Crippen molar-refractivity contribution in [3.05, 3.63) is 29.8 Å². The van der Waals surface area contributed by atoms with Gasteiger partial charge in [-0.05, 0) is 36.0 Å². The van der Waals surface area contributed by atoms with Crippen molar-refractivity contribution in [3.63, 3.8) is 0 Å². The summed E-state index contributed by atoms with van der Waals surface area (Å²) in [5.74, 6) is 1.61. The van der Waals surface area contributed by atoms with Crippen LogP contribution in [-0.4, -0.2) is 57.6 Å². The van der Waals surface area contributed by atoms with Crippen LogP contribution in [0.5, 0.6) is 5.75 Å². The van der Waals surface area contributed by atoms with Crippen molar-refractivity contribution in [3.8, 4) is 5.75 Å². The Morgan fingerprint density at radius 3 is 2.56 bits per heavy atom. The molecule has 0 radical (unpaired) electrons. The minimum Gasteiger partial charge on any atom is -0.492 e. The molecule has 6 nitrogen and oxygen atoms in total. The fourth-order valence-electron chi connectivity index (χ4n) is 3.19. The van der Waals surface area contributed by atoms with Crippen LogP contribution in [0.1, 0.15) is 39.2 Å². The van der Waals surface area contributed by atoms with E-state index in [-0.39, 0.29) is 17.4 Å². The number of nitrogens with zero attached hydrogens (tertiary/aromatic N) is 1. The first-order valence-electron chi connectivity index (χ1n) is 9.75. The molecular formula is C21H35N3O3. The van der Waals surface area contributed by atoms with E-state index >= 15 is 0 Å². The Labute approximate surface area is 163 Å². The molecule has 1 aromatic rings. The lowest BCUT2D eigenvalue weighted by molar-refractivity contribution is 0.127. The summed E-state index contributed by atoms with van der Waals surface area (Å²) in [6.45, 7) is 10.2. The highest BCUT2D eigenvalue weighted by atomic mass is 16.5. The topological polar surface area (TPSA) is 75.1 Å². The molecule has 0 aromatic heterocycles. The molecule has 0 amide bonds. The summed E-state index contributed by atoms with van der Waals surface area (Å²) < 4.78 is 11.3. The van der Waals surface area contributed by atoms with Gasteiger partial charge in [-0.1, -0.05) is 32.9 Å². The van der Waals surface area contributed by atoms with Crippen molar-refractivity contribution in [2.75, 3.05) is 46.6 Å². The van der Waals surface area contributed by atoms with Crippen molar-refractivity contribution in [1.29, 1.82) is 0 Å². The standard InChI is InChI=1S/C21H35N3O3/c1-20(2,3)17-5-7-18(8-6-17)27-14-11-23-19(22-4)24-15-21(9-12-25)10-13-26-16-21/h5-8,25H,9-16H2,1-4H3,(H2,22,23,24). The van der Waals surface area contributed by atoms with Gasteiger partial charge in [0.1, 0.15) is 12.4 Å². The number of aliphatic imine (C=N–C) groups is 1. The summed E-state index contributed by atoms with van der Waals surface area (Å²) >= 11 is 0. The lowest BCUT2D eigenvalue weighted by Gasteiger charge is -2.27. The van der Waals surface area contributed by atoms with Gasteiger partial charge in [0.2, 0.25) is 0 Å². The first-order chi connectivity index (χ1) is 12.9. The molecule has 1 heterocycles. The quantitative estimate of drug-likeness (QED) is 0.368. The highest BCUT2D eigenvalue weighted by Gasteiger charge is 2.34. The van der Waals surface area contributed by atoms with Crippen LogP contribution in [-0.2, 0) is 10.2 Å². The van der Waals surface area contributed by atoms with Crippen LogP contribution in [0, 0.1) is 5.41 Å². The summed E-state index contributed by atoms with van der Waals surface area (Å²) in [5, 5.41) is 15.9. The predicted octanol–water partition coefficient (Wildman–Crippen LogP) is 2.32. The van der Waals surface area contributed by atoms with Crippen molar-refractivity contribution >= 4 is 5.96 Å². The second-order valence-corrected chi connectivity index (χ2v) is 8.25. The molecule has 0 spiro atoms. The van der Waals surface area contributed by atoms with E-state index in [4.69, 9.17) is 9.47 Å². The summed E-state index contributed by atoms with van der Waals surface area (Å²) in [4.78, 5) is 4.26. The summed E-state index contributed by atoms with van der Waals surface area (Å²) in [6.07, 6.45) is 1.70. The van der Waals surface area contributed by atoms with Crippen LogP contribution in [0.25, 0.3) is 0 Å². The summed E-state index contributed by atoms with van der Waals surface area (Å²) in [7, 11) is 1.76. The Hall–Kier alpha value is -1.79. The van der Waals surface area contributed by atoms with Crippen molar-refractivity contribution in [2.45, 2.75) is 39.0 Å². The number of ether oxygens (including phenoxy) is 2. The van der Waals surface area contributed by atoms with E-state index in [2.05, 4.69) is 48.5 Å². The van der Waals surface area contributed by atoms with Gasteiger partial charge in [0.15, 0.2) is 5.96 Å². The third-order valence-corrected chi connectivity index (χ3v) is 5.07. The molecule has 0 saturated carbocycles. The van der Waals surface area contributed by atoms with E-state index in [0.29, 0.717) is 19.8 Å². The maximum Gasteiger partial charge on any atom is 0.191 e. The van der Waals surface area contributed by atoms with Gasteiger partial charge in [0.25, 0.3) is 0 Å². The first-order valence-corrected chi connectivity index (χ1v) is 9.75. The third kappa shape index (κ3) is 6.70. The molecule has 27 heavy (non-hydrogen) atoms. The molecule has 1 saturated heterocycles. The fraction of sp³-hybridized carbons (Fsp3) is 0.667. The number of hydrogen-bond donors (Lipinski definition) is 3. The third-order valence-electron chi connectivity index (χ3n) is 5.07. The van der Waals surface area contributed by atoms with Crippen LogP contribution in [0.4, 0.5) is 0 Å². The Morgan fingerprint density at radius 1 is 1.26 bits per heavy atom. The molecule has 1 aliphatic rings. The highest BCUT2D eigenvalue weighted by molar-refractivity contribution is 5.79. The van der Waals surface area contributed by atoms with E-state index in [1.807, 2.05) is 12.1 Å². The Kier molecular flexibility index (Phi) is 7.92. The molecule has 2 rings (SSSR count). The van der Waals surface area contributed by atoms with E-state index in [1.165, 1.54) is 5.56 Å². The smallest absolute Gasteiger partial charge is 0.191 e. The molecule has 1 fully saturated rings. The highest BCUT2D eigenvalue weighted by Crippen LogP contribution is 2.31. The molecular weight excluding hydrogens is 342 g/mol. The monoisotopic (exact) mass is 377 g/mol. The van der Waals surface area contributed by atoms with Gasteiger partial charge in [-0.3, -0.25) is 4.99 Å². The molecule has 1 unspecified atom stereocenters. The maximum absolute atomic E-state index is 9.31. The summed E-state index contributed by atoms with van der Waals surface area (Å²) in [5.41, 5.74) is 1.44. The van der Waals surface area contributed by atoms with Gasteiger partial charge in [-0.15, -0.1) is 0 Å². The van der Waals surface area contributed by atoms with Crippen LogP contribution in [0.2, 0.25) is 0 Å². The Bertz CT molecular complexity index is 588. The van der Waals surface area contributed by atoms with Crippen LogP contribution in [0.3, 0.4) is 0 Å². The maximum atomic E-state index is 9.31. The van der Waals surface area contributed by atoms with Gasteiger partial charge >= 0.3 is 0 Å². The van der Waals surface area contributed by atoms with Gasteiger partial charge in [0, 0.05) is 32.2 Å². The number of hydrogen-bond acceptors (Lipinski definition) is 4. The summed E-state index contributed by atoms with van der Waals surface area (Å²) in [6, 6.07) is 8.28. The molecule has 6 heteroatoms. The average molecular weight is 378 g/mol. The van der Waals surface area contributed by atoms with Crippen molar-refractivity contribution < 1.29 is 14.6 Å². The molecule has 0 aliphatic carbocycles. The number of rotatable bonds is 8. The molecule has 1 aromatic carbocycles. The number of aliphatic hydroxyl groups is 1. The zero-order valence-electron chi connectivity index (χ0n) is 17.2. The van der Waals surface area contributed by atoms with E-state index in [1.54, 1.807) is 7.05 Å². The van der Waals surface area contributed by atoms with Gasteiger partial charge in [-0.25, -0.2) is 0 Å². The van der Waals surface area contributed by atoms with Gasteiger partial charge in [0.05, 0.1) is 13.2 Å². The number of aliphatic hydroxyl groups excluding tert-OH is 1. The van der Waals surface area contributed by atoms with E-state index < -0.39 is 0 Å². The van der Waals surface area contributed by atoms with Crippen LogP contribution in [0.15, 0.2) is 29.3 Å². The Morgan fingerprint density at radius 2 is 2.00 bits per heavy atom. The second kappa shape index (κ2) is 9.95. The molecule has 1 aliphatic heterocycles. The first kappa shape index (κ1) is 21.5. The molecule has 1 atom stereocenters. The number of benzene rings is 1. The van der Waals surface area contributed by atoms with Gasteiger partial charge in [-0.2, -0.15) is 0 Å². The Balaban J connectivity index is 1.72. The number of guanidine groups is 1. The lowest BCUT2D eigenvalue weighted by atomic mass is 9.84. The molecule has 152 valence electrons. The van der Waals surface area contributed by atoms with Crippen molar-refractivity contribution in [1.82, 2.24) is 10.6 Å². The van der Waals surface area contributed by atoms with Crippen LogP contribution < -0.4 is 15.4 Å². The minimum absolute atomic E-state index is 0.00231.